The molecular formula is C7H16NORe-. The summed E-state index contributed by atoms with van der Waals surface area (Å²) in [6.45, 7) is 7.49. The second kappa shape index (κ2) is 12.0. The van der Waals surface area contributed by atoms with Crippen LogP contribution in [0.5, 0.6) is 0 Å². The van der Waals surface area contributed by atoms with Gasteiger partial charge in [-0.15, -0.1) is 6.54 Å². The molecule has 0 aliphatic heterocycles. The Bertz CT molecular complexity index is 76.0. The molecule has 0 aromatic rings. The largest absolute Gasteiger partial charge is 0.677 e. The van der Waals surface area contributed by atoms with Crippen molar-refractivity contribution in [2.45, 2.75) is 27.7 Å². The SMILES string of the molecule is CC.CC(=O)C(C)C[NH-].[Re]. The molecule has 1 unspecified atom stereocenters. The molecule has 0 aliphatic rings. The van der Waals surface area contributed by atoms with E-state index in [-0.39, 0.29) is 38.7 Å². The van der Waals surface area contributed by atoms with Crippen molar-refractivity contribution in [3.63, 3.8) is 0 Å². The van der Waals surface area contributed by atoms with E-state index in [0.29, 0.717) is 0 Å². The standard InChI is InChI=1S/C5H10NO.C2H6.Re/c1-4(3-6)5(2)7;1-2;/h4,6H,3H2,1-2H3;1-2H3;/q-1;;. The number of ketones is 1. The third-order valence-corrected chi connectivity index (χ3v) is 1.00. The number of Topliss-reactive ketones (excluding diaryl/α,β-unsaturated/α-hetero) is 1. The zero-order chi connectivity index (χ0) is 7.86. The van der Waals surface area contributed by atoms with Gasteiger partial charge in [0, 0.05) is 20.4 Å². The van der Waals surface area contributed by atoms with Gasteiger partial charge in [-0.2, -0.15) is 0 Å². The fourth-order valence-electron chi connectivity index (χ4n) is 0.144. The van der Waals surface area contributed by atoms with Crippen LogP contribution in [0.2, 0.25) is 0 Å². The monoisotopic (exact) mass is 317 g/mol. The third-order valence-electron chi connectivity index (χ3n) is 1.00. The molecule has 0 aromatic heterocycles. The van der Waals surface area contributed by atoms with Crippen LogP contribution in [-0.2, 0) is 25.2 Å². The summed E-state index contributed by atoms with van der Waals surface area (Å²) in [5.41, 5.74) is 6.72. The van der Waals surface area contributed by atoms with E-state index in [9.17, 15) is 4.79 Å². The zero-order valence-electron chi connectivity index (χ0n) is 7.07. The van der Waals surface area contributed by atoms with Gasteiger partial charge in [0.25, 0.3) is 0 Å². The van der Waals surface area contributed by atoms with Gasteiger partial charge in [-0.1, -0.05) is 20.8 Å². The van der Waals surface area contributed by atoms with Crippen LogP contribution < -0.4 is 0 Å². The van der Waals surface area contributed by atoms with Crippen molar-refractivity contribution in [3.8, 4) is 0 Å². The molecule has 2 nitrogen and oxygen atoms in total. The van der Waals surface area contributed by atoms with Gasteiger partial charge in [0.05, 0.1) is 0 Å². The van der Waals surface area contributed by atoms with Crippen LogP contribution in [0, 0.1) is 5.92 Å². The van der Waals surface area contributed by atoms with Crippen LogP contribution in [0.25, 0.3) is 5.73 Å². The summed E-state index contributed by atoms with van der Waals surface area (Å²) >= 11 is 0. The Morgan fingerprint density at radius 1 is 1.50 bits per heavy atom. The Morgan fingerprint density at radius 3 is 1.80 bits per heavy atom. The summed E-state index contributed by atoms with van der Waals surface area (Å²) in [4.78, 5) is 10.3. The van der Waals surface area contributed by atoms with Gasteiger partial charge >= 0.3 is 0 Å². The Labute approximate surface area is 77.2 Å². The third kappa shape index (κ3) is 11.1. The quantitative estimate of drug-likeness (QED) is 0.770. The minimum absolute atomic E-state index is 0. The minimum atomic E-state index is -0.0694. The topological polar surface area (TPSA) is 40.9 Å². The van der Waals surface area contributed by atoms with E-state index in [0.717, 1.165) is 0 Å². The number of nitrogens with one attached hydrogen (secondary N) is 1. The number of carbonyl (C=O) groups excluding carboxylic acids is 1. The van der Waals surface area contributed by atoms with Gasteiger partial charge in [0.15, 0.2) is 0 Å². The normalized spacial score (nSPS) is 10.1. The van der Waals surface area contributed by atoms with Gasteiger partial charge in [0.2, 0.25) is 0 Å². The van der Waals surface area contributed by atoms with E-state index >= 15 is 0 Å². The van der Waals surface area contributed by atoms with Crippen LogP contribution in [0.3, 0.4) is 0 Å². The molecule has 0 fully saturated rings. The van der Waals surface area contributed by atoms with Crippen molar-refractivity contribution in [2.75, 3.05) is 6.54 Å². The first kappa shape index (κ1) is 16.7. The van der Waals surface area contributed by atoms with Gasteiger partial charge in [-0.05, 0) is 12.8 Å². The summed E-state index contributed by atoms with van der Waals surface area (Å²) in [5, 5.41) is 0. The van der Waals surface area contributed by atoms with E-state index in [1.54, 1.807) is 6.92 Å². The Kier molecular flexibility index (Phi) is 20.1. The molecule has 0 amide bonds. The first-order valence-corrected chi connectivity index (χ1v) is 3.33. The van der Waals surface area contributed by atoms with Crippen LogP contribution in [0.1, 0.15) is 27.7 Å². The summed E-state index contributed by atoms with van der Waals surface area (Å²) in [5.74, 6) is 0.0370. The van der Waals surface area contributed by atoms with Crippen LogP contribution >= 0.6 is 0 Å². The average molecular weight is 316 g/mol. The number of hydrogen-bond donors (Lipinski definition) is 0. The predicted molar refractivity (Wildman–Crippen MR) is 40.4 cm³/mol. The first-order chi connectivity index (χ1) is 4.18. The van der Waals surface area contributed by atoms with Gasteiger partial charge < -0.3 is 5.73 Å². The molecule has 0 bridgehead atoms. The van der Waals surface area contributed by atoms with Gasteiger partial charge in [-0.3, -0.25) is 4.79 Å². The molecule has 0 aromatic carbocycles. The maximum absolute atomic E-state index is 10.3. The molecule has 1 radical (unpaired) electrons. The molecule has 0 aliphatic carbocycles. The Morgan fingerprint density at radius 2 is 1.80 bits per heavy atom. The van der Waals surface area contributed by atoms with Crippen LogP contribution in [-0.4, -0.2) is 12.3 Å². The smallest absolute Gasteiger partial charge is 0.130 e. The summed E-state index contributed by atoms with van der Waals surface area (Å²) < 4.78 is 0. The molecule has 63 valence electrons. The molecule has 1 N–H and O–H groups in total. The number of rotatable bonds is 2. The number of hydrogen-bond acceptors (Lipinski definition) is 1. The van der Waals surface area contributed by atoms with E-state index in [2.05, 4.69) is 0 Å². The molecule has 0 spiro atoms. The Hall–Kier alpha value is 0.292. The average Bonchev–Trinajstić information content (AvgIpc) is 1.91. The van der Waals surface area contributed by atoms with Crippen molar-refractivity contribution in [3.05, 3.63) is 5.73 Å². The van der Waals surface area contributed by atoms with Crippen molar-refractivity contribution in [1.29, 1.82) is 0 Å². The number of carbonyl (C=O) groups is 1. The van der Waals surface area contributed by atoms with Gasteiger partial charge in [0.1, 0.15) is 5.78 Å². The van der Waals surface area contributed by atoms with Gasteiger partial charge in [-0.25, -0.2) is 0 Å². The van der Waals surface area contributed by atoms with Crippen LogP contribution in [0.15, 0.2) is 0 Å². The minimum Gasteiger partial charge on any atom is -0.677 e. The fraction of sp³-hybridized carbons (Fsp3) is 0.857. The summed E-state index contributed by atoms with van der Waals surface area (Å²) in [6.07, 6.45) is 0. The molecule has 1 atom stereocenters. The van der Waals surface area contributed by atoms with Crippen molar-refractivity contribution >= 4 is 5.78 Å². The zero-order valence-corrected chi connectivity index (χ0v) is 9.79. The van der Waals surface area contributed by atoms with Crippen LogP contribution in [0.4, 0.5) is 0 Å². The second-order valence-electron chi connectivity index (χ2n) is 1.72. The summed E-state index contributed by atoms with van der Waals surface area (Å²) in [7, 11) is 0. The molecule has 0 saturated heterocycles. The fourth-order valence-corrected chi connectivity index (χ4v) is 0.144. The summed E-state index contributed by atoms with van der Waals surface area (Å²) in [6, 6.07) is 0. The maximum Gasteiger partial charge on any atom is 0.130 e. The van der Waals surface area contributed by atoms with Crippen molar-refractivity contribution in [2.24, 2.45) is 5.92 Å². The van der Waals surface area contributed by atoms with Crippen molar-refractivity contribution < 1.29 is 25.2 Å². The van der Waals surface area contributed by atoms with E-state index < -0.39 is 0 Å². The first-order valence-electron chi connectivity index (χ1n) is 3.33. The molecule has 0 rings (SSSR count). The maximum atomic E-state index is 10.3. The molecular weight excluding hydrogens is 300 g/mol. The molecule has 10 heavy (non-hydrogen) atoms. The second-order valence-corrected chi connectivity index (χ2v) is 1.72. The van der Waals surface area contributed by atoms with E-state index in [4.69, 9.17) is 5.73 Å². The Balaban J connectivity index is -0.000000149. The molecule has 0 heterocycles. The van der Waals surface area contributed by atoms with E-state index in [1.165, 1.54) is 6.92 Å². The molecule has 0 saturated carbocycles. The van der Waals surface area contributed by atoms with E-state index in [1.807, 2.05) is 13.8 Å². The van der Waals surface area contributed by atoms with Crippen molar-refractivity contribution in [1.82, 2.24) is 0 Å². The molecule has 3 heteroatoms. The predicted octanol–water partition coefficient (Wildman–Crippen LogP) is 2.29.